The summed E-state index contributed by atoms with van der Waals surface area (Å²) in [6.07, 6.45) is 7.44. The fourth-order valence-electron chi connectivity index (χ4n) is 2.18. The first-order chi connectivity index (χ1) is 9.38. The van der Waals surface area contributed by atoms with Gasteiger partial charge in [0.15, 0.2) is 0 Å². The molecule has 0 saturated heterocycles. The van der Waals surface area contributed by atoms with E-state index < -0.39 is 0 Å². The molecule has 1 aromatic rings. The van der Waals surface area contributed by atoms with Crippen molar-refractivity contribution in [3.8, 4) is 5.75 Å². The van der Waals surface area contributed by atoms with E-state index in [4.69, 9.17) is 4.74 Å². The van der Waals surface area contributed by atoms with Gasteiger partial charge in [-0.15, -0.1) is 0 Å². The van der Waals surface area contributed by atoms with Gasteiger partial charge in [0.25, 0.3) is 0 Å². The fraction of sp³-hybridized carbons (Fsp3) is 0.647. The number of nitrogens with two attached hydrogens (primary N) is 1. The maximum absolute atomic E-state index is 5.86. The van der Waals surface area contributed by atoms with Crippen LogP contribution in [-0.4, -0.2) is 19.7 Å². The zero-order chi connectivity index (χ0) is 13.8. The van der Waals surface area contributed by atoms with Crippen LogP contribution in [0.25, 0.3) is 0 Å². The van der Waals surface area contributed by atoms with Crippen molar-refractivity contribution in [3.63, 3.8) is 0 Å². The monoisotopic (exact) mass is 264 g/mol. The van der Waals surface area contributed by atoms with Gasteiger partial charge in [0.2, 0.25) is 0 Å². The Balaban J connectivity index is 2.01. The van der Waals surface area contributed by atoms with Gasteiger partial charge in [-0.1, -0.05) is 38.5 Å². The van der Waals surface area contributed by atoms with Gasteiger partial charge in [0, 0.05) is 0 Å². The summed E-state index contributed by atoms with van der Waals surface area (Å²) in [5.41, 5.74) is 1.32. The smallest absolute Gasteiger partial charge is 0.122 e. The zero-order valence-corrected chi connectivity index (χ0v) is 12.7. The second-order valence-corrected chi connectivity index (χ2v) is 5.09. The number of quaternary nitrogens is 1. The van der Waals surface area contributed by atoms with Crippen molar-refractivity contribution >= 4 is 0 Å². The maximum Gasteiger partial charge on any atom is 0.122 e. The van der Waals surface area contributed by atoms with Crippen molar-refractivity contribution in [2.45, 2.75) is 52.4 Å². The van der Waals surface area contributed by atoms with Gasteiger partial charge in [-0.2, -0.15) is 0 Å². The van der Waals surface area contributed by atoms with Crippen LogP contribution in [0.15, 0.2) is 24.3 Å². The molecule has 0 fully saturated rings. The van der Waals surface area contributed by atoms with E-state index in [1.807, 2.05) is 0 Å². The highest BCUT2D eigenvalue weighted by Gasteiger charge is 2.00. The van der Waals surface area contributed by atoms with E-state index in [9.17, 15) is 0 Å². The molecule has 2 N–H and O–H groups in total. The Hall–Kier alpha value is -1.02. The molecule has 1 aromatic carbocycles. The first kappa shape index (κ1) is 16.0. The van der Waals surface area contributed by atoms with Crippen molar-refractivity contribution < 1.29 is 10.1 Å². The van der Waals surface area contributed by atoms with E-state index in [2.05, 4.69) is 43.4 Å². The molecule has 0 heterocycles. The molecule has 0 radical (unpaired) electrons. The number of aryl methyl sites for hydroxylation is 1. The van der Waals surface area contributed by atoms with Gasteiger partial charge in [-0.3, -0.25) is 0 Å². The molecule has 0 aliphatic carbocycles. The minimum absolute atomic E-state index is 0.853. The molecule has 0 aliphatic heterocycles. The van der Waals surface area contributed by atoms with E-state index in [-0.39, 0.29) is 0 Å². The average Bonchev–Trinajstić information content (AvgIpc) is 2.46. The number of hydrogen-bond donors (Lipinski definition) is 1. The summed E-state index contributed by atoms with van der Waals surface area (Å²) in [5, 5.41) is 2.44. The minimum atomic E-state index is 0.853. The van der Waals surface area contributed by atoms with Crippen LogP contribution in [0.4, 0.5) is 0 Å². The van der Waals surface area contributed by atoms with Crippen LogP contribution in [0.1, 0.15) is 51.5 Å². The molecule has 108 valence electrons. The fourth-order valence-corrected chi connectivity index (χ4v) is 2.18. The summed E-state index contributed by atoms with van der Waals surface area (Å²) >= 11 is 0. The normalized spacial score (nSPS) is 10.6. The Morgan fingerprint density at radius 3 is 2.53 bits per heavy atom. The van der Waals surface area contributed by atoms with Gasteiger partial charge < -0.3 is 10.1 Å². The van der Waals surface area contributed by atoms with Crippen molar-refractivity contribution in [1.82, 2.24) is 0 Å². The molecule has 0 bridgehead atoms. The van der Waals surface area contributed by atoms with Crippen LogP contribution in [0.5, 0.6) is 5.75 Å². The van der Waals surface area contributed by atoms with Crippen LogP contribution in [0.3, 0.4) is 0 Å². The lowest BCUT2D eigenvalue weighted by Crippen LogP contribution is -2.84. The van der Waals surface area contributed by atoms with Gasteiger partial charge in [-0.05, 0) is 43.7 Å². The Kier molecular flexibility index (Phi) is 9.17. The molecule has 0 aliphatic rings. The number of rotatable bonds is 11. The summed E-state index contributed by atoms with van der Waals surface area (Å²) < 4.78 is 5.86. The summed E-state index contributed by atoms with van der Waals surface area (Å²) in [7, 11) is 0. The lowest BCUT2D eigenvalue weighted by molar-refractivity contribution is -0.655. The number of hydrogen-bond acceptors (Lipinski definition) is 1. The van der Waals surface area contributed by atoms with Crippen LogP contribution in [-0.2, 0) is 6.42 Å². The van der Waals surface area contributed by atoms with Crippen molar-refractivity contribution in [2.24, 2.45) is 0 Å². The van der Waals surface area contributed by atoms with Crippen LogP contribution >= 0.6 is 0 Å². The predicted octanol–water partition coefficient (Wildman–Crippen LogP) is 3.16. The third-order valence-corrected chi connectivity index (χ3v) is 3.43. The highest BCUT2D eigenvalue weighted by atomic mass is 16.5. The molecule has 2 heteroatoms. The van der Waals surface area contributed by atoms with Crippen molar-refractivity contribution in [2.75, 3.05) is 19.7 Å². The van der Waals surface area contributed by atoms with E-state index >= 15 is 0 Å². The second kappa shape index (κ2) is 10.9. The van der Waals surface area contributed by atoms with Crippen molar-refractivity contribution in [1.29, 1.82) is 0 Å². The van der Waals surface area contributed by atoms with Crippen LogP contribution in [0, 0.1) is 0 Å². The SMILES string of the molecule is CCCC[NH2+]CCCCCOc1ccccc1CC. The summed E-state index contributed by atoms with van der Waals surface area (Å²) in [5.74, 6) is 1.07. The van der Waals surface area contributed by atoms with E-state index in [0.717, 1.165) is 18.8 Å². The summed E-state index contributed by atoms with van der Waals surface area (Å²) in [6, 6.07) is 8.37. The third-order valence-electron chi connectivity index (χ3n) is 3.43. The van der Waals surface area contributed by atoms with Crippen LogP contribution in [0.2, 0.25) is 0 Å². The number of ether oxygens (including phenoxy) is 1. The van der Waals surface area contributed by atoms with Crippen molar-refractivity contribution in [3.05, 3.63) is 29.8 Å². The summed E-state index contributed by atoms with van der Waals surface area (Å²) in [4.78, 5) is 0. The molecular weight excluding hydrogens is 234 g/mol. The molecular formula is C17H30NO+. The molecule has 0 aromatic heterocycles. The second-order valence-electron chi connectivity index (χ2n) is 5.09. The van der Waals surface area contributed by atoms with Gasteiger partial charge in [0.05, 0.1) is 19.7 Å². The molecule has 0 spiro atoms. The molecule has 1 rings (SSSR count). The Labute approximate surface area is 118 Å². The summed E-state index contributed by atoms with van der Waals surface area (Å²) in [6.45, 7) is 7.84. The molecule has 0 amide bonds. The van der Waals surface area contributed by atoms with Crippen LogP contribution < -0.4 is 10.1 Å². The first-order valence-corrected chi connectivity index (χ1v) is 7.90. The van der Waals surface area contributed by atoms with Gasteiger partial charge in [0.1, 0.15) is 5.75 Å². The Morgan fingerprint density at radius 2 is 1.74 bits per heavy atom. The topological polar surface area (TPSA) is 25.8 Å². The average molecular weight is 264 g/mol. The minimum Gasteiger partial charge on any atom is -0.493 e. The Bertz CT molecular complexity index is 325. The zero-order valence-electron chi connectivity index (χ0n) is 12.7. The highest BCUT2D eigenvalue weighted by molar-refractivity contribution is 5.33. The lowest BCUT2D eigenvalue weighted by Gasteiger charge is -2.09. The quantitative estimate of drug-likeness (QED) is 0.610. The van der Waals surface area contributed by atoms with E-state index in [1.54, 1.807) is 0 Å². The van der Waals surface area contributed by atoms with E-state index in [1.165, 1.54) is 50.8 Å². The van der Waals surface area contributed by atoms with E-state index in [0.29, 0.717) is 0 Å². The largest absolute Gasteiger partial charge is 0.493 e. The van der Waals surface area contributed by atoms with Gasteiger partial charge >= 0.3 is 0 Å². The molecule has 2 nitrogen and oxygen atoms in total. The number of benzene rings is 1. The maximum atomic E-state index is 5.86. The molecule has 19 heavy (non-hydrogen) atoms. The lowest BCUT2D eigenvalue weighted by atomic mass is 10.1. The van der Waals surface area contributed by atoms with Gasteiger partial charge in [-0.25, -0.2) is 0 Å². The molecule has 0 saturated carbocycles. The predicted molar refractivity (Wildman–Crippen MR) is 81.7 cm³/mol. The first-order valence-electron chi connectivity index (χ1n) is 7.90. The highest BCUT2D eigenvalue weighted by Crippen LogP contribution is 2.18. The number of unbranched alkanes of at least 4 members (excludes halogenated alkanes) is 3. The standard InChI is InChI=1S/C17H29NO/c1-3-5-13-18-14-9-6-10-15-19-17-12-8-7-11-16(17)4-2/h7-8,11-12,18H,3-6,9-10,13-15H2,1-2H3/p+1. The number of para-hydroxylation sites is 1. The Morgan fingerprint density at radius 1 is 0.947 bits per heavy atom. The molecule has 0 unspecified atom stereocenters. The molecule has 0 atom stereocenters. The third kappa shape index (κ3) is 7.22.